The van der Waals surface area contributed by atoms with Gasteiger partial charge in [0.25, 0.3) is 0 Å². The first-order valence-electron chi connectivity index (χ1n) is 6.63. The molecule has 1 unspecified atom stereocenters. The van der Waals surface area contributed by atoms with E-state index >= 15 is 0 Å². The average Bonchev–Trinajstić information content (AvgIpc) is 3.05. The average molecular weight is 292 g/mol. The molecule has 0 bridgehead atoms. The van der Waals surface area contributed by atoms with E-state index in [2.05, 4.69) is 15.6 Å². The molecule has 1 aromatic heterocycles. The number of amides is 2. The van der Waals surface area contributed by atoms with E-state index in [1.54, 1.807) is 6.20 Å². The molecule has 2 aromatic rings. The van der Waals surface area contributed by atoms with Gasteiger partial charge in [0.05, 0.1) is 6.04 Å². The highest BCUT2D eigenvalue weighted by Crippen LogP contribution is 2.23. The van der Waals surface area contributed by atoms with E-state index in [4.69, 9.17) is 0 Å². The third kappa shape index (κ3) is 2.86. The summed E-state index contributed by atoms with van der Waals surface area (Å²) < 4.78 is 28.4. The van der Waals surface area contributed by atoms with Gasteiger partial charge < -0.3 is 15.2 Å². The Bertz CT molecular complexity index is 671. The summed E-state index contributed by atoms with van der Waals surface area (Å²) >= 11 is 0. The van der Waals surface area contributed by atoms with Gasteiger partial charge in [-0.2, -0.15) is 0 Å². The van der Waals surface area contributed by atoms with E-state index in [0.29, 0.717) is 0 Å². The summed E-state index contributed by atoms with van der Waals surface area (Å²) in [6.07, 6.45) is 4.31. The zero-order valence-corrected chi connectivity index (χ0v) is 11.1. The summed E-state index contributed by atoms with van der Waals surface area (Å²) in [7, 11) is 0. The number of hydrogen-bond acceptors (Lipinski definition) is 2. The molecule has 110 valence electrons. The number of halogens is 2. The van der Waals surface area contributed by atoms with Crippen molar-refractivity contribution in [1.29, 1.82) is 0 Å². The Balaban J connectivity index is 1.57. The minimum absolute atomic E-state index is 0.0728. The van der Waals surface area contributed by atoms with E-state index in [1.165, 1.54) is 0 Å². The maximum Gasteiger partial charge on any atom is 0.315 e. The number of hydrogen-bond donors (Lipinski definition) is 2. The lowest BCUT2D eigenvalue weighted by atomic mass is 10.2. The fourth-order valence-electron chi connectivity index (χ4n) is 2.42. The standard InChI is InChI=1S/C14H14F2N4O/c15-10-1-2-11(16)9(7-10)8-18-14(21)19-12-3-5-20-6-4-17-13(12)20/h1-2,4,6-7,12H,3,5,8H2,(H2,18,19,21). The van der Waals surface area contributed by atoms with Gasteiger partial charge in [-0.3, -0.25) is 0 Å². The Labute approximate surface area is 120 Å². The van der Waals surface area contributed by atoms with Crippen molar-refractivity contribution >= 4 is 6.03 Å². The Morgan fingerprint density at radius 2 is 2.29 bits per heavy atom. The van der Waals surface area contributed by atoms with Crippen LogP contribution in [-0.2, 0) is 13.1 Å². The molecule has 7 heteroatoms. The van der Waals surface area contributed by atoms with Crippen LogP contribution < -0.4 is 10.6 Å². The highest BCUT2D eigenvalue weighted by Gasteiger charge is 2.24. The molecule has 5 nitrogen and oxygen atoms in total. The van der Waals surface area contributed by atoms with Crippen LogP contribution in [-0.4, -0.2) is 15.6 Å². The number of urea groups is 1. The predicted molar refractivity (Wildman–Crippen MR) is 71.3 cm³/mol. The molecule has 0 spiro atoms. The quantitative estimate of drug-likeness (QED) is 0.910. The summed E-state index contributed by atoms with van der Waals surface area (Å²) in [5.41, 5.74) is 0.109. The number of rotatable bonds is 3. The Morgan fingerprint density at radius 1 is 1.43 bits per heavy atom. The smallest absolute Gasteiger partial charge is 0.315 e. The van der Waals surface area contributed by atoms with Crippen LogP contribution in [0, 0.1) is 11.6 Å². The number of aromatic nitrogens is 2. The molecular weight excluding hydrogens is 278 g/mol. The SMILES string of the molecule is O=C(NCc1cc(F)ccc1F)NC1CCn2ccnc21. The number of nitrogens with zero attached hydrogens (tertiary/aromatic N) is 2. The Kier molecular flexibility index (Phi) is 3.55. The number of carbonyl (C=O) groups excluding carboxylic acids is 1. The van der Waals surface area contributed by atoms with Crippen molar-refractivity contribution in [2.75, 3.05) is 0 Å². The van der Waals surface area contributed by atoms with Crippen molar-refractivity contribution in [2.45, 2.75) is 25.6 Å². The molecule has 0 saturated carbocycles. The molecule has 1 aromatic carbocycles. The molecule has 0 aliphatic carbocycles. The van der Waals surface area contributed by atoms with Gasteiger partial charge in [-0.1, -0.05) is 0 Å². The van der Waals surface area contributed by atoms with Gasteiger partial charge in [-0.05, 0) is 24.6 Å². The van der Waals surface area contributed by atoms with Crippen molar-refractivity contribution in [3.05, 3.63) is 53.6 Å². The number of aryl methyl sites for hydroxylation is 1. The predicted octanol–water partition coefficient (Wildman–Crippen LogP) is 2.11. The van der Waals surface area contributed by atoms with E-state index in [1.807, 2.05) is 10.8 Å². The zero-order chi connectivity index (χ0) is 14.8. The van der Waals surface area contributed by atoms with Gasteiger partial charge in [0.1, 0.15) is 17.5 Å². The van der Waals surface area contributed by atoms with Crippen LogP contribution in [0.1, 0.15) is 23.9 Å². The van der Waals surface area contributed by atoms with Crippen LogP contribution in [0.15, 0.2) is 30.6 Å². The van der Waals surface area contributed by atoms with Crippen molar-refractivity contribution in [3.8, 4) is 0 Å². The molecule has 0 saturated heterocycles. The topological polar surface area (TPSA) is 59.0 Å². The minimum Gasteiger partial charge on any atom is -0.334 e. The molecule has 0 radical (unpaired) electrons. The second-order valence-corrected chi connectivity index (χ2v) is 4.88. The minimum atomic E-state index is -0.548. The van der Waals surface area contributed by atoms with Crippen LogP contribution in [0.3, 0.4) is 0 Å². The van der Waals surface area contributed by atoms with E-state index in [-0.39, 0.29) is 18.2 Å². The molecular formula is C14H14F2N4O. The first-order valence-corrected chi connectivity index (χ1v) is 6.63. The van der Waals surface area contributed by atoms with Crippen LogP contribution in [0.2, 0.25) is 0 Å². The van der Waals surface area contributed by atoms with Crippen molar-refractivity contribution in [1.82, 2.24) is 20.2 Å². The van der Waals surface area contributed by atoms with Gasteiger partial charge in [-0.25, -0.2) is 18.6 Å². The lowest BCUT2D eigenvalue weighted by molar-refractivity contribution is 0.236. The lowest BCUT2D eigenvalue weighted by Crippen LogP contribution is -2.37. The summed E-state index contributed by atoms with van der Waals surface area (Å²) in [6, 6.07) is 2.56. The molecule has 1 aliphatic heterocycles. The molecule has 2 heterocycles. The third-order valence-corrected chi connectivity index (χ3v) is 3.47. The fourth-order valence-corrected chi connectivity index (χ4v) is 2.42. The van der Waals surface area contributed by atoms with Gasteiger partial charge in [-0.15, -0.1) is 0 Å². The molecule has 1 atom stereocenters. The summed E-state index contributed by atoms with van der Waals surface area (Å²) in [4.78, 5) is 16.0. The Morgan fingerprint density at radius 3 is 3.14 bits per heavy atom. The lowest BCUT2D eigenvalue weighted by Gasteiger charge is -2.12. The molecule has 0 fully saturated rings. The summed E-state index contributed by atoms with van der Waals surface area (Å²) in [5, 5.41) is 5.30. The first kappa shape index (κ1) is 13.5. The number of imidazole rings is 1. The van der Waals surface area contributed by atoms with Crippen molar-refractivity contribution in [2.24, 2.45) is 0 Å². The number of carbonyl (C=O) groups is 1. The van der Waals surface area contributed by atoms with E-state index < -0.39 is 17.7 Å². The summed E-state index contributed by atoms with van der Waals surface area (Å²) in [5.74, 6) is -0.276. The maximum absolute atomic E-state index is 13.4. The largest absolute Gasteiger partial charge is 0.334 e. The Hall–Kier alpha value is -2.44. The highest BCUT2D eigenvalue weighted by molar-refractivity contribution is 5.74. The normalized spacial score (nSPS) is 16.6. The molecule has 2 amide bonds. The molecule has 1 aliphatic rings. The van der Waals surface area contributed by atoms with Gasteiger partial charge >= 0.3 is 6.03 Å². The van der Waals surface area contributed by atoms with Gasteiger partial charge in [0.2, 0.25) is 0 Å². The molecule has 3 rings (SSSR count). The number of benzene rings is 1. The number of nitrogens with one attached hydrogen (secondary N) is 2. The highest BCUT2D eigenvalue weighted by atomic mass is 19.1. The van der Waals surface area contributed by atoms with Crippen LogP contribution in [0.4, 0.5) is 13.6 Å². The van der Waals surface area contributed by atoms with Crippen LogP contribution in [0.25, 0.3) is 0 Å². The molecule has 21 heavy (non-hydrogen) atoms. The maximum atomic E-state index is 13.4. The summed E-state index contributed by atoms with van der Waals surface area (Å²) in [6.45, 7) is 0.732. The second kappa shape index (κ2) is 5.51. The van der Waals surface area contributed by atoms with Crippen molar-refractivity contribution < 1.29 is 13.6 Å². The van der Waals surface area contributed by atoms with Crippen molar-refractivity contribution in [3.63, 3.8) is 0 Å². The first-order chi connectivity index (χ1) is 10.1. The van der Waals surface area contributed by atoms with Crippen LogP contribution in [0.5, 0.6) is 0 Å². The van der Waals surface area contributed by atoms with E-state index in [9.17, 15) is 13.6 Å². The van der Waals surface area contributed by atoms with Gasteiger partial charge in [0.15, 0.2) is 0 Å². The van der Waals surface area contributed by atoms with Crippen LogP contribution >= 0.6 is 0 Å². The fraction of sp³-hybridized carbons (Fsp3) is 0.286. The number of fused-ring (bicyclic) bond motifs is 1. The van der Waals surface area contributed by atoms with Gasteiger partial charge in [0, 0.05) is 31.0 Å². The zero-order valence-electron chi connectivity index (χ0n) is 11.1. The second-order valence-electron chi connectivity index (χ2n) is 4.88. The van der Waals surface area contributed by atoms with E-state index in [0.717, 1.165) is 37.0 Å². The monoisotopic (exact) mass is 292 g/mol. The third-order valence-electron chi connectivity index (χ3n) is 3.47. The molecule has 2 N–H and O–H groups in total.